The van der Waals surface area contributed by atoms with Gasteiger partial charge in [0.15, 0.2) is 9.74 Å². The zero-order valence-corrected chi connectivity index (χ0v) is 18.4. The number of benzene rings is 2. The average Bonchev–Trinajstić information content (AvgIpc) is 2.94. The normalized spacial score (nSPS) is 28.7. The number of aliphatic hydroxyl groups excluding tert-OH is 2. The highest BCUT2D eigenvalue weighted by molar-refractivity contribution is 8.18. The Hall–Kier alpha value is -2.00. The molecule has 3 aliphatic rings. The minimum Gasteiger partial charge on any atom is -0.392 e. The van der Waals surface area contributed by atoms with Gasteiger partial charge in [-0.25, -0.2) is 0 Å². The van der Waals surface area contributed by atoms with Crippen LogP contribution in [-0.2, 0) is 22.6 Å². The standard InChI is InChI=1S/C22H24N2O4S2/c1-23-20(28)22(14-26)24(2)19(27)21(23,12-15-6-4-3-5-7-15)29-18(30-22)17-10-8-16(13-25)9-11-17/h3-11,18,25-26H,12-14H2,1-2H3/t18?,21-,22-/m0/s1. The van der Waals surface area contributed by atoms with Crippen LogP contribution in [0.25, 0.3) is 0 Å². The van der Waals surface area contributed by atoms with E-state index in [4.69, 9.17) is 0 Å². The van der Waals surface area contributed by atoms with Crippen LogP contribution >= 0.6 is 23.5 Å². The minimum atomic E-state index is -1.37. The second kappa shape index (κ2) is 7.92. The Morgan fingerprint density at radius 2 is 1.40 bits per heavy atom. The van der Waals surface area contributed by atoms with E-state index in [1.807, 2.05) is 54.6 Å². The van der Waals surface area contributed by atoms with Gasteiger partial charge in [-0.1, -0.05) is 54.6 Å². The summed E-state index contributed by atoms with van der Waals surface area (Å²) in [4.78, 5) is 27.7. The Labute approximate surface area is 184 Å². The Kier molecular flexibility index (Phi) is 5.61. The van der Waals surface area contributed by atoms with Crippen LogP contribution in [0.2, 0.25) is 0 Å². The molecule has 0 radical (unpaired) electrons. The lowest BCUT2D eigenvalue weighted by molar-refractivity contribution is -0.164. The van der Waals surface area contributed by atoms with Crippen molar-refractivity contribution in [3.63, 3.8) is 0 Å². The van der Waals surface area contributed by atoms with Crippen LogP contribution in [0.1, 0.15) is 21.3 Å². The number of rotatable bonds is 5. The van der Waals surface area contributed by atoms with Gasteiger partial charge in [0.05, 0.1) is 17.8 Å². The quantitative estimate of drug-likeness (QED) is 0.736. The van der Waals surface area contributed by atoms with E-state index in [-0.39, 0.29) is 23.0 Å². The Morgan fingerprint density at radius 1 is 0.833 bits per heavy atom. The molecule has 2 bridgehead atoms. The lowest BCUT2D eigenvalue weighted by Gasteiger charge is -2.50. The largest absolute Gasteiger partial charge is 0.392 e. The monoisotopic (exact) mass is 444 g/mol. The lowest BCUT2D eigenvalue weighted by Crippen LogP contribution is -2.73. The first-order valence-electron chi connectivity index (χ1n) is 9.64. The van der Waals surface area contributed by atoms with Crippen LogP contribution in [-0.4, -0.2) is 62.3 Å². The number of piperazine rings is 1. The van der Waals surface area contributed by atoms with Gasteiger partial charge in [0.1, 0.15) is 0 Å². The molecule has 0 saturated carbocycles. The average molecular weight is 445 g/mol. The Morgan fingerprint density at radius 3 is 2.00 bits per heavy atom. The van der Waals surface area contributed by atoms with Gasteiger partial charge in [-0.05, 0) is 16.7 Å². The molecule has 2 N–H and O–H groups in total. The van der Waals surface area contributed by atoms with E-state index in [0.29, 0.717) is 6.42 Å². The molecule has 2 amide bonds. The summed E-state index contributed by atoms with van der Waals surface area (Å²) in [5.74, 6) is -0.454. The van der Waals surface area contributed by atoms with Gasteiger partial charge in [0, 0.05) is 20.5 Å². The van der Waals surface area contributed by atoms with Gasteiger partial charge in [0.25, 0.3) is 11.8 Å². The van der Waals surface area contributed by atoms with Crippen LogP contribution in [0, 0.1) is 0 Å². The second-order valence-electron chi connectivity index (χ2n) is 7.58. The van der Waals surface area contributed by atoms with E-state index in [2.05, 4.69) is 0 Å². The maximum absolute atomic E-state index is 13.7. The van der Waals surface area contributed by atoms with E-state index in [1.54, 1.807) is 14.1 Å². The molecule has 0 aliphatic carbocycles. The third kappa shape index (κ3) is 3.13. The zero-order chi connectivity index (χ0) is 21.5. The fraction of sp³-hybridized carbons (Fsp3) is 0.364. The smallest absolute Gasteiger partial charge is 0.262 e. The van der Waals surface area contributed by atoms with Crippen LogP contribution in [0.5, 0.6) is 0 Å². The Balaban J connectivity index is 1.84. The maximum atomic E-state index is 13.7. The molecule has 0 spiro atoms. The van der Waals surface area contributed by atoms with Gasteiger partial charge in [-0.3, -0.25) is 9.59 Å². The van der Waals surface area contributed by atoms with Gasteiger partial charge in [0.2, 0.25) is 0 Å². The van der Waals surface area contributed by atoms with Gasteiger partial charge in [-0.2, -0.15) is 0 Å². The molecule has 3 heterocycles. The number of carbonyl (C=O) groups is 2. The van der Waals surface area contributed by atoms with Crippen molar-refractivity contribution < 1.29 is 19.8 Å². The molecular formula is C22H24N2O4S2. The number of hydrogen-bond acceptors (Lipinski definition) is 6. The Bertz CT molecular complexity index is 955. The first kappa shape index (κ1) is 21.2. The second-order valence-corrected chi connectivity index (χ2v) is 10.6. The summed E-state index contributed by atoms with van der Waals surface area (Å²) in [6.45, 7) is -0.511. The van der Waals surface area contributed by atoms with Crippen molar-refractivity contribution in [2.24, 2.45) is 0 Å². The highest BCUT2D eigenvalue weighted by Gasteiger charge is 2.65. The molecule has 3 atom stereocenters. The van der Waals surface area contributed by atoms with Crippen molar-refractivity contribution >= 4 is 35.3 Å². The molecule has 3 saturated heterocycles. The summed E-state index contributed by atoms with van der Waals surface area (Å²) in [7, 11) is 3.26. The summed E-state index contributed by atoms with van der Waals surface area (Å²) in [6, 6.07) is 17.2. The molecule has 1 unspecified atom stereocenters. The number of hydrogen-bond donors (Lipinski definition) is 2. The first-order chi connectivity index (χ1) is 14.4. The number of amides is 2. The van der Waals surface area contributed by atoms with E-state index >= 15 is 0 Å². The van der Waals surface area contributed by atoms with Gasteiger partial charge >= 0.3 is 0 Å². The van der Waals surface area contributed by atoms with Gasteiger partial charge in [-0.15, -0.1) is 23.5 Å². The molecule has 3 aliphatic heterocycles. The third-order valence-corrected chi connectivity index (χ3v) is 9.40. The van der Waals surface area contributed by atoms with Crippen molar-refractivity contribution in [3.8, 4) is 0 Å². The summed E-state index contributed by atoms with van der Waals surface area (Å²) < 4.78 is -0.253. The molecule has 6 nitrogen and oxygen atoms in total. The number of carbonyl (C=O) groups excluding carboxylic acids is 2. The van der Waals surface area contributed by atoms with Crippen LogP contribution in [0.3, 0.4) is 0 Å². The van der Waals surface area contributed by atoms with Crippen LogP contribution < -0.4 is 0 Å². The highest BCUT2D eigenvalue weighted by atomic mass is 32.2. The predicted molar refractivity (Wildman–Crippen MR) is 119 cm³/mol. The fourth-order valence-electron chi connectivity index (χ4n) is 4.01. The zero-order valence-electron chi connectivity index (χ0n) is 16.8. The number of nitrogens with zero attached hydrogens (tertiary/aromatic N) is 2. The topological polar surface area (TPSA) is 81.1 Å². The molecular weight excluding hydrogens is 420 g/mol. The summed E-state index contributed by atoms with van der Waals surface area (Å²) in [6.07, 6.45) is 0.372. The summed E-state index contributed by atoms with van der Waals surface area (Å²) >= 11 is 2.75. The predicted octanol–water partition coefficient (Wildman–Crippen LogP) is 2.22. The van der Waals surface area contributed by atoms with Gasteiger partial charge < -0.3 is 20.0 Å². The number of aliphatic hydroxyl groups is 2. The van der Waals surface area contributed by atoms with E-state index < -0.39 is 16.3 Å². The minimum absolute atomic E-state index is 0.0494. The van der Waals surface area contributed by atoms with Crippen molar-refractivity contribution in [1.29, 1.82) is 0 Å². The lowest BCUT2D eigenvalue weighted by atomic mass is 9.98. The molecule has 158 valence electrons. The number of thioether (sulfide) groups is 2. The number of fused-ring (bicyclic) bond motifs is 4. The van der Waals surface area contributed by atoms with Crippen LogP contribution in [0.15, 0.2) is 54.6 Å². The molecule has 30 heavy (non-hydrogen) atoms. The van der Waals surface area contributed by atoms with Crippen molar-refractivity contribution in [3.05, 3.63) is 71.3 Å². The summed E-state index contributed by atoms with van der Waals surface area (Å²) in [5, 5.41) is 19.6. The molecule has 2 aromatic carbocycles. The highest BCUT2D eigenvalue weighted by Crippen LogP contribution is 2.60. The first-order valence-corrected chi connectivity index (χ1v) is 11.4. The molecule has 3 fully saturated rings. The third-order valence-electron chi connectivity index (χ3n) is 5.90. The summed E-state index contributed by atoms with van der Waals surface area (Å²) in [5.41, 5.74) is 2.69. The van der Waals surface area contributed by atoms with E-state index in [1.165, 1.54) is 33.3 Å². The van der Waals surface area contributed by atoms with Crippen LogP contribution in [0.4, 0.5) is 0 Å². The van der Waals surface area contributed by atoms with Crippen molar-refractivity contribution in [2.75, 3.05) is 20.7 Å². The maximum Gasteiger partial charge on any atom is 0.262 e. The van der Waals surface area contributed by atoms with Crippen molar-refractivity contribution in [2.45, 2.75) is 27.4 Å². The fourth-order valence-corrected chi connectivity index (χ4v) is 7.74. The molecule has 8 heteroatoms. The van der Waals surface area contributed by atoms with Crippen molar-refractivity contribution in [1.82, 2.24) is 9.80 Å². The molecule has 0 aromatic heterocycles. The number of likely N-dealkylation sites (N-methyl/N-ethyl adjacent to an activating group) is 2. The van der Waals surface area contributed by atoms with E-state index in [0.717, 1.165) is 16.7 Å². The molecule has 2 aromatic rings. The SMILES string of the molecule is CN1C(=O)[C@]2(Cc3ccccc3)SC(c3ccc(CO)cc3)S[C@@]1(CO)C(=O)N2C. The van der Waals surface area contributed by atoms with E-state index in [9.17, 15) is 19.8 Å². The molecule has 5 rings (SSSR count).